The summed E-state index contributed by atoms with van der Waals surface area (Å²) >= 11 is 6.10. The average molecular weight is 243 g/mol. The zero-order valence-electron chi connectivity index (χ0n) is 9.58. The summed E-state index contributed by atoms with van der Waals surface area (Å²) in [6.45, 7) is 5.83. The van der Waals surface area contributed by atoms with E-state index in [2.05, 4.69) is 20.8 Å². The van der Waals surface area contributed by atoms with E-state index >= 15 is 0 Å². The third-order valence-electron chi connectivity index (χ3n) is 2.11. The summed E-state index contributed by atoms with van der Waals surface area (Å²) in [5, 5.41) is 9.06. The van der Waals surface area contributed by atoms with Gasteiger partial charge in [0, 0.05) is 5.02 Å². The standard InChI is InChI=1S/C12H15ClO3/c1-12(2,3)9-5-4-8(6-10(9)13)16-7-11(14)15/h4-6H,7H2,1-3H3,(H,14,15). The van der Waals surface area contributed by atoms with Gasteiger partial charge in [0.05, 0.1) is 0 Å². The second-order valence-corrected chi connectivity index (χ2v) is 4.98. The molecule has 3 nitrogen and oxygen atoms in total. The van der Waals surface area contributed by atoms with Crippen molar-refractivity contribution >= 4 is 17.6 Å². The molecule has 0 aliphatic carbocycles. The predicted molar refractivity (Wildman–Crippen MR) is 63.3 cm³/mol. The van der Waals surface area contributed by atoms with Crippen molar-refractivity contribution in [3.63, 3.8) is 0 Å². The van der Waals surface area contributed by atoms with Crippen LogP contribution in [0.2, 0.25) is 5.02 Å². The first-order chi connectivity index (χ1) is 7.30. The summed E-state index contributed by atoms with van der Waals surface area (Å²) in [5.41, 5.74) is 0.972. The molecule has 88 valence electrons. The topological polar surface area (TPSA) is 46.5 Å². The number of benzene rings is 1. The molecule has 0 saturated carbocycles. The molecule has 0 spiro atoms. The monoisotopic (exact) mass is 242 g/mol. The Bertz CT molecular complexity index is 394. The number of ether oxygens (including phenoxy) is 1. The molecule has 4 heteroatoms. The Labute approximate surface area is 100.0 Å². The molecule has 0 amide bonds. The number of rotatable bonds is 3. The van der Waals surface area contributed by atoms with Crippen LogP contribution in [-0.4, -0.2) is 17.7 Å². The third kappa shape index (κ3) is 3.42. The van der Waals surface area contributed by atoms with Crippen LogP contribution in [0.1, 0.15) is 26.3 Å². The number of carbonyl (C=O) groups is 1. The Morgan fingerprint density at radius 2 is 2.06 bits per heavy atom. The fraction of sp³-hybridized carbons (Fsp3) is 0.417. The van der Waals surface area contributed by atoms with Gasteiger partial charge < -0.3 is 9.84 Å². The van der Waals surface area contributed by atoms with Crippen molar-refractivity contribution in [3.05, 3.63) is 28.8 Å². The smallest absolute Gasteiger partial charge is 0.341 e. The molecule has 0 saturated heterocycles. The molecule has 0 radical (unpaired) electrons. The summed E-state index contributed by atoms with van der Waals surface area (Å²) in [5.74, 6) is -0.531. The third-order valence-corrected chi connectivity index (χ3v) is 2.42. The van der Waals surface area contributed by atoms with Gasteiger partial charge in [0.1, 0.15) is 5.75 Å². The lowest BCUT2D eigenvalue weighted by molar-refractivity contribution is -0.139. The van der Waals surface area contributed by atoms with Crippen LogP contribution in [0.4, 0.5) is 0 Å². The SMILES string of the molecule is CC(C)(C)c1ccc(OCC(=O)O)cc1Cl. The van der Waals surface area contributed by atoms with Crippen LogP contribution in [-0.2, 0) is 10.2 Å². The Kier molecular flexibility index (Phi) is 3.81. The number of hydrogen-bond donors (Lipinski definition) is 1. The quantitative estimate of drug-likeness (QED) is 0.886. The molecule has 0 atom stereocenters. The van der Waals surface area contributed by atoms with Gasteiger partial charge in [-0.1, -0.05) is 38.4 Å². The van der Waals surface area contributed by atoms with Gasteiger partial charge in [-0.2, -0.15) is 0 Å². The van der Waals surface area contributed by atoms with Crippen LogP contribution in [0.25, 0.3) is 0 Å². The Hall–Kier alpha value is -1.22. The van der Waals surface area contributed by atoms with E-state index in [4.69, 9.17) is 21.4 Å². The number of aliphatic carboxylic acids is 1. The molecular weight excluding hydrogens is 228 g/mol. The molecule has 1 rings (SSSR count). The second kappa shape index (κ2) is 4.74. The van der Waals surface area contributed by atoms with E-state index in [1.165, 1.54) is 0 Å². The molecule has 0 aromatic heterocycles. The van der Waals surface area contributed by atoms with Crippen LogP contribution < -0.4 is 4.74 Å². The number of halogens is 1. The van der Waals surface area contributed by atoms with Crippen molar-refractivity contribution < 1.29 is 14.6 Å². The minimum Gasteiger partial charge on any atom is -0.482 e. The normalized spacial score (nSPS) is 11.2. The molecule has 16 heavy (non-hydrogen) atoms. The Morgan fingerprint density at radius 3 is 2.50 bits per heavy atom. The molecule has 1 N–H and O–H groups in total. The van der Waals surface area contributed by atoms with Crippen LogP contribution >= 0.6 is 11.6 Å². The van der Waals surface area contributed by atoms with Gasteiger partial charge in [-0.3, -0.25) is 0 Å². The van der Waals surface area contributed by atoms with Crippen LogP contribution in [0, 0.1) is 0 Å². The van der Waals surface area contributed by atoms with E-state index < -0.39 is 5.97 Å². The van der Waals surface area contributed by atoms with E-state index in [-0.39, 0.29) is 12.0 Å². The summed E-state index contributed by atoms with van der Waals surface area (Å²) in [6, 6.07) is 5.24. The highest BCUT2D eigenvalue weighted by Gasteiger charge is 2.17. The van der Waals surface area contributed by atoms with Gasteiger partial charge >= 0.3 is 5.97 Å². The maximum atomic E-state index is 10.3. The van der Waals surface area contributed by atoms with Crippen molar-refractivity contribution in [1.82, 2.24) is 0 Å². The lowest BCUT2D eigenvalue weighted by atomic mass is 9.87. The molecule has 0 bridgehead atoms. The van der Waals surface area contributed by atoms with E-state index in [0.717, 1.165) is 5.56 Å². The van der Waals surface area contributed by atoms with Crippen molar-refractivity contribution in [2.24, 2.45) is 0 Å². The molecule has 0 aliphatic heterocycles. The van der Waals surface area contributed by atoms with E-state index in [9.17, 15) is 4.79 Å². The fourth-order valence-electron chi connectivity index (χ4n) is 1.34. The van der Waals surface area contributed by atoms with Gasteiger partial charge in [-0.05, 0) is 23.1 Å². The highest BCUT2D eigenvalue weighted by atomic mass is 35.5. The predicted octanol–water partition coefficient (Wildman–Crippen LogP) is 3.10. The van der Waals surface area contributed by atoms with Gasteiger partial charge in [-0.25, -0.2) is 4.79 Å². The molecule has 0 fully saturated rings. The molecular formula is C12H15ClO3. The summed E-state index contributed by atoms with van der Waals surface area (Å²) < 4.78 is 5.03. The minimum absolute atomic E-state index is 0.0393. The van der Waals surface area contributed by atoms with Gasteiger partial charge in [-0.15, -0.1) is 0 Å². The molecule has 1 aromatic rings. The maximum absolute atomic E-state index is 10.3. The first-order valence-electron chi connectivity index (χ1n) is 4.95. The largest absolute Gasteiger partial charge is 0.482 e. The van der Waals surface area contributed by atoms with Gasteiger partial charge in [0.2, 0.25) is 0 Å². The van der Waals surface area contributed by atoms with Crippen molar-refractivity contribution in [2.45, 2.75) is 26.2 Å². The average Bonchev–Trinajstić information content (AvgIpc) is 2.12. The van der Waals surface area contributed by atoms with E-state index in [0.29, 0.717) is 10.8 Å². The molecule has 0 unspecified atom stereocenters. The van der Waals surface area contributed by atoms with Crippen LogP contribution in [0.3, 0.4) is 0 Å². The van der Waals surface area contributed by atoms with E-state index in [1.54, 1.807) is 12.1 Å². The van der Waals surface area contributed by atoms with Crippen molar-refractivity contribution in [3.8, 4) is 5.75 Å². The van der Waals surface area contributed by atoms with Gasteiger partial charge in [0.15, 0.2) is 6.61 Å². The lowest BCUT2D eigenvalue weighted by Gasteiger charge is -2.20. The summed E-state index contributed by atoms with van der Waals surface area (Å²) in [7, 11) is 0. The lowest BCUT2D eigenvalue weighted by Crippen LogP contribution is -2.12. The maximum Gasteiger partial charge on any atom is 0.341 e. The highest BCUT2D eigenvalue weighted by molar-refractivity contribution is 6.31. The first-order valence-corrected chi connectivity index (χ1v) is 5.33. The van der Waals surface area contributed by atoms with Crippen molar-refractivity contribution in [2.75, 3.05) is 6.61 Å². The first kappa shape index (κ1) is 12.8. The highest BCUT2D eigenvalue weighted by Crippen LogP contribution is 2.31. The Balaban J connectivity index is 2.87. The van der Waals surface area contributed by atoms with Crippen LogP contribution in [0.5, 0.6) is 5.75 Å². The van der Waals surface area contributed by atoms with Crippen molar-refractivity contribution in [1.29, 1.82) is 0 Å². The Morgan fingerprint density at radius 1 is 1.44 bits per heavy atom. The summed E-state index contributed by atoms with van der Waals surface area (Å²) in [6.07, 6.45) is 0. The van der Waals surface area contributed by atoms with Crippen LogP contribution in [0.15, 0.2) is 18.2 Å². The fourth-order valence-corrected chi connectivity index (χ4v) is 1.79. The second-order valence-electron chi connectivity index (χ2n) is 4.57. The number of hydrogen-bond acceptors (Lipinski definition) is 2. The van der Waals surface area contributed by atoms with Gasteiger partial charge in [0.25, 0.3) is 0 Å². The zero-order valence-corrected chi connectivity index (χ0v) is 10.3. The number of carboxylic acids is 1. The molecule has 0 aliphatic rings. The zero-order chi connectivity index (χ0) is 12.3. The van der Waals surface area contributed by atoms with E-state index in [1.807, 2.05) is 6.07 Å². The molecule has 1 aromatic carbocycles. The minimum atomic E-state index is -1.00. The molecule has 0 heterocycles. The number of carboxylic acid groups (broad SMARTS) is 1. The summed E-state index contributed by atoms with van der Waals surface area (Å²) in [4.78, 5) is 10.3.